The predicted molar refractivity (Wildman–Crippen MR) is 130 cm³/mol. The summed E-state index contributed by atoms with van der Waals surface area (Å²) in [5, 5.41) is 10.7. The number of thioether (sulfide) groups is 1. The molecule has 3 nitrogen and oxygen atoms in total. The number of pyridine rings is 1. The van der Waals surface area contributed by atoms with Gasteiger partial charge in [0.2, 0.25) is 0 Å². The molecule has 0 spiro atoms. The first-order chi connectivity index (χ1) is 13.9. The maximum atomic E-state index is 7.63. The molecule has 154 valence electrons. The third-order valence-electron chi connectivity index (χ3n) is 4.25. The van der Waals surface area contributed by atoms with Crippen LogP contribution < -0.4 is 5.32 Å². The molecule has 1 aromatic heterocycles. The van der Waals surface area contributed by atoms with Gasteiger partial charge in [0.25, 0.3) is 0 Å². The van der Waals surface area contributed by atoms with Gasteiger partial charge in [0.15, 0.2) is 0 Å². The van der Waals surface area contributed by atoms with E-state index in [4.69, 9.17) is 10.4 Å². The quantitative estimate of drug-likeness (QED) is 0.278. The molecule has 0 atom stereocenters. The molecule has 0 saturated carbocycles. The zero-order chi connectivity index (χ0) is 21.8. The van der Waals surface area contributed by atoms with Crippen LogP contribution >= 0.6 is 11.8 Å². The smallest absolute Gasteiger partial charge is 0.0538 e. The molecule has 0 amide bonds. The zero-order valence-corrected chi connectivity index (χ0v) is 19.3. The molecule has 0 aliphatic heterocycles. The maximum absolute atomic E-state index is 7.63. The van der Waals surface area contributed by atoms with E-state index in [0.29, 0.717) is 11.5 Å². The molecule has 0 aliphatic carbocycles. The molecular weight excluding hydrogens is 374 g/mol. The maximum Gasteiger partial charge on any atom is 0.0538 e. The van der Waals surface area contributed by atoms with Crippen molar-refractivity contribution < 1.29 is 0 Å². The lowest BCUT2D eigenvalue weighted by Gasteiger charge is -2.13. The first-order valence-electron chi connectivity index (χ1n) is 9.91. The van der Waals surface area contributed by atoms with E-state index in [0.717, 1.165) is 34.7 Å². The van der Waals surface area contributed by atoms with Crippen LogP contribution in [0.1, 0.15) is 51.4 Å². The van der Waals surface area contributed by atoms with Crippen LogP contribution in [0.2, 0.25) is 0 Å². The molecule has 2 N–H and O–H groups in total. The topological polar surface area (TPSA) is 48.8 Å². The lowest BCUT2D eigenvalue weighted by molar-refractivity contribution is 0.827. The minimum Gasteiger partial charge on any atom is -0.388 e. The molecule has 0 aliphatic rings. The summed E-state index contributed by atoms with van der Waals surface area (Å²) < 4.78 is 0. The van der Waals surface area contributed by atoms with Gasteiger partial charge in [-0.05, 0) is 49.5 Å². The Balaban J connectivity index is 3.17. The number of hydrogen-bond acceptors (Lipinski definition) is 4. The zero-order valence-electron chi connectivity index (χ0n) is 18.5. The van der Waals surface area contributed by atoms with Crippen molar-refractivity contribution in [3.05, 3.63) is 69.9 Å². The minimum absolute atomic E-state index is 0.398. The Morgan fingerprint density at radius 1 is 1.41 bits per heavy atom. The summed E-state index contributed by atoms with van der Waals surface area (Å²) in [7, 11) is 1.87. The molecule has 0 bridgehead atoms. The first kappa shape index (κ1) is 24.5. The monoisotopic (exact) mass is 407 g/mol. The third-order valence-corrected chi connectivity index (χ3v) is 5.45. The SMILES string of the molecule is C=C(NC)c1cnc(CSC(=C\C)/C(/C=C(\C#CC)C=N)=C/C(C)C)c(CC)c1. The Morgan fingerprint density at radius 3 is 2.66 bits per heavy atom. The van der Waals surface area contributed by atoms with Crippen molar-refractivity contribution in [2.24, 2.45) is 5.92 Å². The highest BCUT2D eigenvalue weighted by Crippen LogP contribution is 2.31. The number of rotatable bonds is 10. The van der Waals surface area contributed by atoms with E-state index in [-0.39, 0.29) is 0 Å². The highest BCUT2D eigenvalue weighted by Gasteiger charge is 2.10. The van der Waals surface area contributed by atoms with Crippen molar-refractivity contribution in [2.45, 2.75) is 46.8 Å². The van der Waals surface area contributed by atoms with Gasteiger partial charge in [-0.1, -0.05) is 45.4 Å². The fraction of sp³-hybridized carbons (Fsp3) is 0.360. The summed E-state index contributed by atoms with van der Waals surface area (Å²) in [5.41, 5.74) is 6.06. The Morgan fingerprint density at radius 2 is 2.14 bits per heavy atom. The predicted octanol–water partition coefficient (Wildman–Crippen LogP) is 6.15. The van der Waals surface area contributed by atoms with Crippen molar-refractivity contribution in [3.63, 3.8) is 0 Å². The number of aromatic nitrogens is 1. The normalized spacial score (nSPS) is 12.4. The summed E-state index contributed by atoms with van der Waals surface area (Å²) in [5.74, 6) is 7.06. The van der Waals surface area contributed by atoms with Gasteiger partial charge in [0.05, 0.1) is 5.69 Å². The van der Waals surface area contributed by atoms with Crippen molar-refractivity contribution in [1.82, 2.24) is 10.3 Å². The fourth-order valence-corrected chi connectivity index (χ4v) is 3.76. The molecule has 29 heavy (non-hydrogen) atoms. The highest BCUT2D eigenvalue weighted by molar-refractivity contribution is 8.02. The van der Waals surface area contributed by atoms with E-state index in [1.165, 1.54) is 16.7 Å². The molecule has 0 fully saturated rings. The van der Waals surface area contributed by atoms with Crippen LogP contribution in [0.4, 0.5) is 0 Å². The molecule has 1 heterocycles. The second kappa shape index (κ2) is 12.9. The number of aryl methyl sites for hydroxylation is 1. The summed E-state index contributed by atoms with van der Waals surface area (Å²) in [4.78, 5) is 5.88. The van der Waals surface area contributed by atoms with Crippen LogP contribution in [-0.4, -0.2) is 18.2 Å². The average Bonchev–Trinajstić information content (AvgIpc) is 2.72. The van der Waals surface area contributed by atoms with Gasteiger partial charge in [-0.15, -0.1) is 17.7 Å². The van der Waals surface area contributed by atoms with E-state index in [1.54, 1.807) is 18.7 Å². The van der Waals surface area contributed by atoms with Crippen LogP contribution in [0.25, 0.3) is 5.70 Å². The van der Waals surface area contributed by atoms with Crippen molar-refractivity contribution in [2.75, 3.05) is 7.05 Å². The van der Waals surface area contributed by atoms with Crippen molar-refractivity contribution in [1.29, 1.82) is 5.41 Å². The molecule has 0 aromatic carbocycles. The van der Waals surface area contributed by atoms with Gasteiger partial charge in [-0.3, -0.25) is 4.98 Å². The van der Waals surface area contributed by atoms with Gasteiger partial charge in [0, 0.05) is 47.0 Å². The lowest BCUT2D eigenvalue weighted by Crippen LogP contribution is -2.05. The molecule has 0 saturated heterocycles. The second-order valence-electron chi connectivity index (χ2n) is 6.84. The van der Waals surface area contributed by atoms with Gasteiger partial charge in [0.1, 0.15) is 0 Å². The van der Waals surface area contributed by atoms with Gasteiger partial charge >= 0.3 is 0 Å². The van der Waals surface area contributed by atoms with Crippen LogP contribution in [-0.2, 0) is 12.2 Å². The van der Waals surface area contributed by atoms with Crippen LogP contribution in [0.5, 0.6) is 0 Å². The lowest BCUT2D eigenvalue weighted by atomic mass is 10.1. The number of hydrogen-bond donors (Lipinski definition) is 2. The Bertz CT molecular complexity index is 877. The van der Waals surface area contributed by atoms with Crippen LogP contribution in [0, 0.1) is 23.2 Å². The average molecular weight is 408 g/mol. The van der Waals surface area contributed by atoms with Gasteiger partial charge in [-0.25, -0.2) is 0 Å². The Kier molecular flexibility index (Phi) is 10.9. The van der Waals surface area contributed by atoms with Crippen LogP contribution in [0.3, 0.4) is 0 Å². The fourth-order valence-electron chi connectivity index (χ4n) is 2.75. The number of nitrogens with zero attached hydrogens (tertiary/aromatic N) is 1. The Hall–Kier alpha value is -2.51. The van der Waals surface area contributed by atoms with Crippen molar-refractivity contribution >= 4 is 23.7 Å². The summed E-state index contributed by atoms with van der Waals surface area (Å²) in [6.45, 7) is 14.3. The molecule has 0 radical (unpaired) electrons. The molecule has 1 aromatic rings. The van der Waals surface area contributed by atoms with E-state index < -0.39 is 0 Å². The molecule has 4 heteroatoms. The largest absolute Gasteiger partial charge is 0.388 e. The minimum atomic E-state index is 0.398. The summed E-state index contributed by atoms with van der Waals surface area (Å²) in [6.07, 6.45) is 10.5. The third kappa shape index (κ3) is 7.79. The number of nitrogens with one attached hydrogen (secondary N) is 2. The summed E-state index contributed by atoms with van der Waals surface area (Å²) in [6, 6.07) is 2.17. The van der Waals surface area contributed by atoms with E-state index in [1.807, 2.05) is 26.2 Å². The number of allylic oxidation sites excluding steroid dienone is 5. The first-order valence-corrected chi connectivity index (χ1v) is 10.9. The molecular formula is C25H33N3S. The second-order valence-corrected chi connectivity index (χ2v) is 7.86. The highest BCUT2D eigenvalue weighted by atomic mass is 32.2. The van der Waals surface area contributed by atoms with E-state index in [9.17, 15) is 0 Å². The molecule has 1 rings (SSSR count). The summed E-state index contributed by atoms with van der Waals surface area (Å²) >= 11 is 1.77. The van der Waals surface area contributed by atoms with Crippen LogP contribution in [0.15, 0.2) is 53.1 Å². The van der Waals surface area contributed by atoms with Crippen molar-refractivity contribution in [3.8, 4) is 11.8 Å². The standard InChI is InChI=1S/C25H33N3S/c1-8-11-20(15-26)13-22(12-18(4)5)25(10-3)29-17-24-21(9-2)14-23(16-28-24)19(6)27-7/h10,12-16,18,26-27H,6,9,17H2,1-5,7H3/b20-13+,22-12+,25-10-,26-15?. The van der Waals surface area contributed by atoms with E-state index in [2.05, 4.69) is 62.7 Å². The Labute approximate surface area is 181 Å². The molecule has 0 unspecified atom stereocenters. The van der Waals surface area contributed by atoms with E-state index >= 15 is 0 Å². The van der Waals surface area contributed by atoms with Gasteiger partial charge < -0.3 is 10.7 Å². The van der Waals surface area contributed by atoms with Gasteiger partial charge in [-0.2, -0.15) is 0 Å².